The third kappa shape index (κ3) is 6.08. The maximum Gasteiger partial charge on any atom is 0.191 e. The molecule has 3 atom stereocenters. The molecule has 3 unspecified atom stereocenters. The van der Waals surface area contributed by atoms with Crippen LogP contribution >= 0.6 is 0 Å². The predicted molar refractivity (Wildman–Crippen MR) is 117 cm³/mol. The molecule has 0 radical (unpaired) electrons. The molecule has 0 aliphatic carbocycles. The predicted octanol–water partition coefficient (Wildman–Crippen LogP) is 3.10. The zero-order chi connectivity index (χ0) is 20.7. The highest BCUT2D eigenvalue weighted by atomic mass is 16.4. The molecule has 158 valence electrons. The molecule has 2 aromatic rings. The van der Waals surface area contributed by atoms with Crippen molar-refractivity contribution in [2.45, 2.75) is 57.8 Å². The average Bonchev–Trinajstić information content (AvgIpc) is 3.25. The summed E-state index contributed by atoms with van der Waals surface area (Å²) in [5, 5.41) is 17.5. The Bertz CT molecular complexity index is 758. The highest BCUT2D eigenvalue weighted by molar-refractivity contribution is 5.80. The number of furan rings is 1. The monoisotopic (exact) mass is 398 g/mol. The van der Waals surface area contributed by atoms with Crippen molar-refractivity contribution in [2.24, 2.45) is 4.99 Å². The SMILES string of the molecule is CCNC(=NCC(C)(O)c1ccco1)NC1CCN(Cc2ccccc2)C(C)C1. The topological polar surface area (TPSA) is 73.0 Å². The average molecular weight is 399 g/mol. The van der Waals surface area contributed by atoms with Gasteiger partial charge in [0.15, 0.2) is 5.96 Å². The summed E-state index contributed by atoms with van der Waals surface area (Å²) >= 11 is 0. The second-order valence-electron chi connectivity index (χ2n) is 8.12. The molecule has 0 spiro atoms. The first-order valence-electron chi connectivity index (χ1n) is 10.6. The Morgan fingerprint density at radius 1 is 1.28 bits per heavy atom. The first-order valence-corrected chi connectivity index (χ1v) is 10.6. The zero-order valence-corrected chi connectivity index (χ0v) is 17.8. The fourth-order valence-corrected chi connectivity index (χ4v) is 3.81. The normalized spacial score (nSPS) is 22.8. The van der Waals surface area contributed by atoms with Crippen molar-refractivity contribution in [1.82, 2.24) is 15.5 Å². The van der Waals surface area contributed by atoms with Crippen molar-refractivity contribution >= 4 is 5.96 Å². The van der Waals surface area contributed by atoms with Crippen LogP contribution in [0.4, 0.5) is 0 Å². The number of hydrogen-bond donors (Lipinski definition) is 3. The van der Waals surface area contributed by atoms with E-state index in [0.717, 1.165) is 38.4 Å². The van der Waals surface area contributed by atoms with Gasteiger partial charge in [-0.25, -0.2) is 4.99 Å². The molecular weight excluding hydrogens is 364 g/mol. The lowest BCUT2D eigenvalue weighted by atomic mass is 9.97. The minimum absolute atomic E-state index is 0.234. The van der Waals surface area contributed by atoms with E-state index in [1.807, 2.05) is 6.92 Å². The van der Waals surface area contributed by atoms with Crippen LogP contribution in [0.25, 0.3) is 0 Å². The molecule has 6 nitrogen and oxygen atoms in total. The smallest absolute Gasteiger partial charge is 0.191 e. The van der Waals surface area contributed by atoms with Gasteiger partial charge in [-0.2, -0.15) is 0 Å². The van der Waals surface area contributed by atoms with Gasteiger partial charge in [0.05, 0.1) is 12.8 Å². The van der Waals surface area contributed by atoms with Gasteiger partial charge in [-0.1, -0.05) is 30.3 Å². The van der Waals surface area contributed by atoms with Crippen LogP contribution in [0.2, 0.25) is 0 Å². The Hall–Kier alpha value is -2.31. The minimum atomic E-state index is -1.13. The number of piperidine rings is 1. The Morgan fingerprint density at radius 2 is 2.07 bits per heavy atom. The van der Waals surface area contributed by atoms with Crippen LogP contribution in [0.3, 0.4) is 0 Å². The first-order chi connectivity index (χ1) is 14.0. The van der Waals surface area contributed by atoms with Gasteiger partial charge in [-0.05, 0) is 51.3 Å². The molecule has 0 saturated carbocycles. The lowest BCUT2D eigenvalue weighted by molar-refractivity contribution is 0.0436. The molecule has 1 aliphatic rings. The number of hydrogen-bond acceptors (Lipinski definition) is 4. The van der Waals surface area contributed by atoms with Crippen molar-refractivity contribution in [1.29, 1.82) is 0 Å². The summed E-state index contributed by atoms with van der Waals surface area (Å²) in [6.07, 6.45) is 3.70. The van der Waals surface area contributed by atoms with Gasteiger partial charge in [0, 0.05) is 31.7 Å². The molecule has 1 aromatic carbocycles. The van der Waals surface area contributed by atoms with Crippen LogP contribution < -0.4 is 10.6 Å². The highest BCUT2D eigenvalue weighted by Crippen LogP contribution is 2.22. The Balaban J connectivity index is 1.55. The number of aliphatic hydroxyl groups is 1. The van der Waals surface area contributed by atoms with Gasteiger partial charge in [-0.3, -0.25) is 4.90 Å². The van der Waals surface area contributed by atoms with E-state index in [4.69, 9.17) is 4.42 Å². The molecule has 6 heteroatoms. The summed E-state index contributed by atoms with van der Waals surface area (Å²) in [7, 11) is 0. The molecule has 1 aliphatic heterocycles. The number of aliphatic imine (C=N–C) groups is 1. The second kappa shape index (κ2) is 9.94. The molecule has 0 amide bonds. The summed E-state index contributed by atoms with van der Waals surface area (Å²) in [6, 6.07) is 15.1. The fraction of sp³-hybridized carbons (Fsp3) is 0.522. The van der Waals surface area contributed by atoms with Gasteiger partial charge in [-0.15, -0.1) is 0 Å². The maximum absolute atomic E-state index is 10.7. The molecule has 1 fully saturated rings. The van der Waals surface area contributed by atoms with Crippen LogP contribution in [0, 0.1) is 0 Å². The van der Waals surface area contributed by atoms with Crippen molar-refractivity contribution in [2.75, 3.05) is 19.6 Å². The van der Waals surface area contributed by atoms with Crippen LogP contribution in [-0.4, -0.2) is 47.7 Å². The van der Waals surface area contributed by atoms with Crippen molar-refractivity contribution in [3.05, 3.63) is 60.1 Å². The van der Waals surface area contributed by atoms with E-state index in [9.17, 15) is 5.11 Å². The van der Waals surface area contributed by atoms with E-state index in [1.54, 1.807) is 25.3 Å². The quantitative estimate of drug-likeness (QED) is 0.494. The number of nitrogens with one attached hydrogen (secondary N) is 2. The Labute approximate surface area is 174 Å². The van der Waals surface area contributed by atoms with E-state index in [2.05, 4.69) is 57.8 Å². The van der Waals surface area contributed by atoms with E-state index in [1.165, 1.54) is 5.56 Å². The summed E-state index contributed by atoms with van der Waals surface area (Å²) in [4.78, 5) is 7.16. The minimum Gasteiger partial charge on any atom is -0.466 e. The van der Waals surface area contributed by atoms with Crippen molar-refractivity contribution in [3.8, 4) is 0 Å². The molecule has 1 aromatic heterocycles. The van der Waals surface area contributed by atoms with Gasteiger partial charge in [0.2, 0.25) is 0 Å². The Morgan fingerprint density at radius 3 is 2.72 bits per heavy atom. The van der Waals surface area contributed by atoms with Crippen molar-refractivity contribution in [3.63, 3.8) is 0 Å². The van der Waals surface area contributed by atoms with Gasteiger partial charge < -0.3 is 20.2 Å². The standard InChI is InChI=1S/C23H34N4O2/c1-4-24-22(25-17-23(3,28)21-11-8-14-29-21)26-20-12-13-27(18(2)15-20)16-19-9-6-5-7-10-19/h5-11,14,18,20,28H,4,12-13,15-17H2,1-3H3,(H2,24,25,26). The second-order valence-corrected chi connectivity index (χ2v) is 8.12. The molecule has 1 saturated heterocycles. The fourth-order valence-electron chi connectivity index (χ4n) is 3.81. The van der Waals surface area contributed by atoms with Gasteiger partial charge in [0.25, 0.3) is 0 Å². The van der Waals surface area contributed by atoms with E-state index >= 15 is 0 Å². The molecule has 29 heavy (non-hydrogen) atoms. The molecule has 3 N–H and O–H groups in total. The number of rotatable bonds is 7. The van der Waals surface area contributed by atoms with E-state index < -0.39 is 5.60 Å². The molecule has 0 bridgehead atoms. The summed E-state index contributed by atoms with van der Waals surface area (Å²) < 4.78 is 5.35. The zero-order valence-electron chi connectivity index (χ0n) is 17.8. The summed E-state index contributed by atoms with van der Waals surface area (Å²) in [5.41, 5.74) is 0.235. The van der Waals surface area contributed by atoms with Crippen LogP contribution in [0.15, 0.2) is 58.1 Å². The number of benzene rings is 1. The first kappa shape index (κ1) is 21.4. The molecule has 3 rings (SSSR count). The van der Waals surface area contributed by atoms with E-state index in [0.29, 0.717) is 17.8 Å². The molecule has 2 heterocycles. The lowest BCUT2D eigenvalue weighted by Crippen LogP contribution is -2.51. The largest absolute Gasteiger partial charge is 0.466 e. The van der Waals surface area contributed by atoms with Crippen LogP contribution in [0.1, 0.15) is 44.9 Å². The summed E-state index contributed by atoms with van der Waals surface area (Å²) in [5.74, 6) is 1.27. The van der Waals surface area contributed by atoms with Crippen molar-refractivity contribution < 1.29 is 9.52 Å². The van der Waals surface area contributed by atoms with Crippen LogP contribution in [-0.2, 0) is 12.1 Å². The summed E-state index contributed by atoms with van der Waals surface area (Å²) in [6.45, 7) is 9.13. The van der Waals surface area contributed by atoms with E-state index in [-0.39, 0.29) is 6.54 Å². The lowest BCUT2D eigenvalue weighted by Gasteiger charge is -2.38. The maximum atomic E-state index is 10.7. The molecular formula is C23H34N4O2. The Kier molecular flexibility index (Phi) is 7.34. The van der Waals surface area contributed by atoms with Crippen LogP contribution in [0.5, 0.6) is 0 Å². The number of guanidine groups is 1. The third-order valence-corrected chi connectivity index (χ3v) is 5.52. The number of likely N-dealkylation sites (tertiary alicyclic amines) is 1. The highest BCUT2D eigenvalue weighted by Gasteiger charge is 2.28. The van der Waals surface area contributed by atoms with Gasteiger partial charge >= 0.3 is 0 Å². The number of nitrogens with zero attached hydrogens (tertiary/aromatic N) is 2. The third-order valence-electron chi connectivity index (χ3n) is 5.52. The van der Waals surface area contributed by atoms with Gasteiger partial charge in [0.1, 0.15) is 11.4 Å².